The van der Waals surface area contributed by atoms with Crippen LogP contribution in [0.4, 0.5) is 10.5 Å². The van der Waals surface area contributed by atoms with Crippen molar-refractivity contribution in [1.29, 1.82) is 0 Å². The molecule has 3 N–H and O–H groups in total. The predicted molar refractivity (Wildman–Crippen MR) is 79.2 cm³/mol. The van der Waals surface area contributed by atoms with Gasteiger partial charge in [-0.3, -0.25) is 4.79 Å². The molecule has 5 nitrogen and oxygen atoms in total. The summed E-state index contributed by atoms with van der Waals surface area (Å²) in [5.74, 6) is -1.60. The summed E-state index contributed by atoms with van der Waals surface area (Å²) >= 11 is 6.00. The molecule has 0 saturated heterocycles. The Morgan fingerprint density at radius 3 is 2.50 bits per heavy atom. The number of amides is 2. The molecule has 20 heavy (non-hydrogen) atoms. The van der Waals surface area contributed by atoms with E-state index in [1.165, 1.54) is 0 Å². The molecule has 110 valence electrons. The highest BCUT2D eigenvalue weighted by molar-refractivity contribution is 6.33. The van der Waals surface area contributed by atoms with Crippen molar-refractivity contribution >= 4 is 29.3 Å². The lowest BCUT2D eigenvalue weighted by atomic mass is 9.96. The standard InChI is InChI=1S/C14H19ClN2O3/c1-8(2)10(13(18)19)7-16-14(20)17-12-5-4-9(3)6-11(12)15/h4-6,8,10H,7H2,1-3H3,(H,18,19)(H2,16,17,20). The average Bonchev–Trinajstić information content (AvgIpc) is 2.32. The Bertz CT molecular complexity index is 503. The number of carbonyl (C=O) groups is 2. The number of anilines is 1. The van der Waals surface area contributed by atoms with Crippen molar-refractivity contribution in [3.8, 4) is 0 Å². The molecule has 6 heteroatoms. The fraction of sp³-hybridized carbons (Fsp3) is 0.429. The summed E-state index contributed by atoms with van der Waals surface area (Å²) in [7, 11) is 0. The van der Waals surface area contributed by atoms with Crippen LogP contribution in [0, 0.1) is 18.8 Å². The number of carboxylic acids is 1. The van der Waals surface area contributed by atoms with Gasteiger partial charge in [0.15, 0.2) is 0 Å². The quantitative estimate of drug-likeness (QED) is 0.781. The molecule has 1 atom stereocenters. The Balaban J connectivity index is 2.57. The van der Waals surface area contributed by atoms with Crippen LogP contribution in [0.1, 0.15) is 19.4 Å². The number of carbonyl (C=O) groups excluding carboxylic acids is 1. The first kappa shape index (κ1) is 16.3. The molecule has 0 heterocycles. The smallest absolute Gasteiger partial charge is 0.319 e. The van der Waals surface area contributed by atoms with Crippen molar-refractivity contribution in [2.24, 2.45) is 11.8 Å². The Labute approximate surface area is 123 Å². The molecular weight excluding hydrogens is 280 g/mol. The summed E-state index contributed by atoms with van der Waals surface area (Å²) in [5, 5.41) is 14.6. The molecule has 0 aliphatic carbocycles. The van der Waals surface area contributed by atoms with Crippen LogP contribution in [0.5, 0.6) is 0 Å². The van der Waals surface area contributed by atoms with E-state index in [0.717, 1.165) is 5.56 Å². The van der Waals surface area contributed by atoms with Crippen molar-refractivity contribution in [1.82, 2.24) is 5.32 Å². The number of hydrogen-bond donors (Lipinski definition) is 3. The van der Waals surface area contributed by atoms with E-state index in [1.807, 2.05) is 13.0 Å². The topological polar surface area (TPSA) is 78.4 Å². The van der Waals surface area contributed by atoms with Crippen molar-refractivity contribution < 1.29 is 14.7 Å². The van der Waals surface area contributed by atoms with E-state index in [0.29, 0.717) is 10.7 Å². The second-order valence-corrected chi connectivity index (χ2v) is 5.41. The molecule has 0 aliphatic rings. The third kappa shape index (κ3) is 4.74. The van der Waals surface area contributed by atoms with Gasteiger partial charge in [0.2, 0.25) is 0 Å². The maximum absolute atomic E-state index is 11.7. The SMILES string of the molecule is Cc1ccc(NC(=O)NCC(C(=O)O)C(C)C)c(Cl)c1. The first-order chi connectivity index (χ1) is 9.31. The molecule has 1 aromatic rings. The van der Waals surface area contributed by atoms with E-state index in [4.69, 9.17) is 16.7 Å². The van der Waals surface area contributed by atoms with Crippen LogP contribution >= 0.6 is 11.6 Å². The van der Waals surface area contributed by atoms with Crippen LogP contribution in [0.3, 0.4) is 0 Å². The second kappa shape index (κ2) is 7.14. The van der Waals surface area contributed by atoms with Crippen LogP contribution in [-0.2, 0) is 4.79 Å². The molecule has 0 aliphatic heterocycles. The summed E-state index contributed by atoms with van der Waals surface area (Å²) < 4.78 is 0. The predicted octanol–water partition coefficient (Wildman–Crippen LogP) is 3.13. The Kier molecular flexibility index (Phi) is 5.82. The summed E-state index contributed by atoms with van der Waals surface area (Å²) in [4.78, 5) is 22.7. The van der Waals surface area contributed by atoms with Crippen LogP contribution in [-0.4, -0.2) is 23.7 Å². The number of hydrogen-bond acceptors (Lipinski definition) is 2. The number of halogens is 1. The maximum Gasteiger partial charge on any atom is 0.319 e. The minimum absolute atomic E-state index is 0.0595. The average molecular weight is 299 g/mol. The van der Waals surface area contributed by atoms with Crippen LogP contribution in [0.25, 0.3) is 0 Å². The Morgan fingerprint density at radius 2 is 2.00 bits per heavy atom. The van der Waals surface area contributed by atoms with Gasteiger partial charge in [-0.15, -0.1) is 0 Å². The van der Waals surface area contributed by atoms with Gasteiger partial charge in [0, 0.05) is 6.54 Å². The number of aryl methyl sites for hydroxylation is 1. The normalized spacial score (nSPS) is 12.1. The summed E-state index contributed by atoms with van der Waals surface area (Å²) in [6, 6.07) is 4.80. The number of benzene rings is 1. The molecular formula is C14H19ClN2O3. The number of carboxylic acid groups (broad SMARTS) is 1. The monoisotopic (exact) mass is 298 g/mol. The molecule has 2 amide bonds. The van der Waals surface area contributed by atoms with Gasteiger partial charge >= 0.3 is 12.0 Å². The highest BCUT2D eigenvalue weighted by atomic mass is 35.5. The van der Waals surface area contributed by atoms with E-state index >= 15 is 0 Å². The van der Waals surface area contributed by atoms with Crippen LogP contribution < -0.4 is 10.6 Å². The summed E-state index contributed by atoms with van der Waals surface area (Å²) in [6.45, 7) is 5.57. The lowest BCUT2D eigenvalue weighted by Gasteiger charge is -2.17. The zero-order chi connectivity index (χ0) is 15.3. The van der Waals surface area contributed by atoms with Crippen molar-refractivity contribution in [2.45, 2.75) is 20.8 Å². The molecule has 0 aromatic heterocycles. The summed E-state index contributed by atoms with van der Waals surface area (Å²) in [5.41, 5.74) is 1.48. The lowest BCUT2D eigenvalue weighted by Crippen LogP contribution is -2.37. The molecule has 0 spiro atoms. The minimum atomic E-state index is -0.923. The van der Waals surface area contributed by atoms with Gasteiger partial charge in [-0.2, -0.15) is 0 Å². The molecule has 0 fully saturated rings. The first-order valence-corrected chi connectivity index (χ1v) is 6.73. The zero-order valence-electron chi connectivity index (χ0n) is 11.7. The molecule has 0 bridgehead atoms. The second-order valence-electron chi connectivity index (χ2n) is 5.01. The third-order valence-electron chi connectivity index (χ3n) is 2.98. The van der Waals surface area contributed by atoms with Gasteiger partial charge in [-0.1, -0.05) is 31.5 Å². The van der Waals surface area contributed by atoms with E-state index in [2.05, 4.69) is 10.6 Å². The van der Waals surface area contributed by atoms with Crippen LogP contribution in [0.15, 0.2) is 18.2 Å². The minimum Gasteiger partial charge on any atom is -0.481 e. The van der Waals surface area contributed by atoms with Crippen LogP contribution in [0.2, 0.25) is 5.02 Å². The fourth-order valence-corrected chi connectivity index (χ4v) is 1.98. The van der Waals surface area contributed by atoms with Gasteiger partial charge in [0.25, 0.3) is 0 Å². The third-order valence-corrected chi connectivity index (χ3v) is 3.29. The Hall–Kier alpha value is -1.75. The number of nitrogens with one attached hydrogen (secondary N) is 2. The van der Waals surface area contributed by atoms with E-state index < -0.39 is 17.9 Å². The molecule has 1 aromatic carbocycles. The highest BCUT2D eigenvalue weighted by Crippen LogP contribution is 2.22. The molecule has 1 unspecified atom stereocenters. The van der Waals surface area contributed by atoms with Crippen molar-refractivity contribution in [3.05, 3.63) is 28.8 Å². The molecule has 1 rings (SSSR count). The summed E-state index contributed by atoms with van der Waals surface area (Å²) in [6.07, 6.45) is 0. The fourth-order valence-electron chi connectivity index (χ4n) is 1.70. The largest absolute Gasteiger partial charge is 0.481 e. The first-order valence-electron chi connectivity index (χ1n) is 6.35. The molecule has 0 saturated carbocycles. The van der Waals surface area contributed by atoms with E-state index in [1.54, 1.807) is 26.0 Å². The number of rotatable bonds is 5. The maximum atomic E-state index is 11.7. The number of urea groups is 1. The molecule has 0 radical (unpaired) electrons. The zero-order valence-corrected chi connectivity index (χ0v) is 12.5. The van der Waals surface area contributed by atoms with E-state index in [9.17, 15) is 9.59 Å². The van der Waals surface area contributed by atoms with Gasteiger partial charge in [-0.05, 0) is 30.5 Å². The Morgan fingerprint density at radius 1 is 1.35 bits per heavy atom. The number of aliphatic carboxylic acids is 1. The van der Waals surface area contributed by atoms with Crippen molar-refractivity contribution in [3.63, 3.8) is 0 Å². The van der Waals surface area contributed by atoms with Gasteiger partial charge < -0.3 is 15.7 Å². The van der Waals surface area contributed by atoms with Gasteiger partial charge in [-0.25, -0.2) is 4.79 Å². The van der Waals surface area contributed by atoms with Gasteiger partial charge in [0.1, 0.15) is 0 Å². The van der Waals surface area contributed by atoms with E-state index in [-0.39, 0.29) is 12.5 Å². The van der Waals surface area contributed by atoms with Gasteiger partial charge in [0.05, 0.1) is 16.6 Å². The highest BCUT2D eigenvalue weighted by Gasteiger charge is 2.22. The lowest BCUT2D eigenvalue weighted by molar-refractivity contribution is -0.142. The van der Waals surface area contributed by atoms with Crippen molar-refractivity contribution in [2.75, 3.05) is 11.9 Å².